The zero-order chi connectivity index (χ0) is 14.8. The van der Waals surface area contributed by atoms with Gasteiger partial charge in [-0.05, 0) is 43.9 Å². The van der Waals surface area contributed by atoms with Crippen LogP contribution in [0.5, 0.6) is 0 Å². The molecule has 2 aromatic rings. The second-order valence-electron chi connectivity index (χ2n) is 6.57. The second kappa shape index (κ2) is 6.20. The summed E-state index contributed by atoms with van der Waals surface area (Å²) < 4.78 is 2.38. The van der Waals surface area contributed by atoms with Crippen molar-refractivity contribution in [1.82, 2.24) is 9.88 Å². The lowest BCUT2D eigenvalue weighted by Gasteiger charge is -2.11. The Hall–Kier alpha value is -1.32. The van der Waals surface area contributed by atoms with E-state index in [4.69, 9.17) is 5.73 Å². The maximum absolute atomic E-state index is 5.79. The van der Waals surface area contributed by atoms with Crippen molar-refractivity contribution in [2.45, 2.75) is 64.7 Å². The van der Waals surface area contributed by atoms with E-state index in [0.717, 1.165) is 6.54 Å². The van der Waals surface area contributed by atoms with E-state index in [9.17, 15) is 0 Å². The Kier molecular flexibility index (Phi) is 4.32. The fraction of sp³-hybridized carbons (Fsp3) is 0.556. The zero-order valence-corrected chi connectivity index (χ0v) is 13.2. The van der Waals surface area contributed by atoms with Crippen molar-refractivity contribution in [2.75, 3.05) is 0 Å². The Morgan fingerprint density at radius 1 is 1.29 bits per heavy atom. The van der Waals surface area contributed by atoms with Crippen molar-refractivity contribution in [1.29, 1.82) is 0 Å². The number of hydrogen-bond acceptors (Lipinski definition) is 2. The molecule has 114 valence electrons. The molecule has 0 spiro atoms. The molecular weight excluding hydrogens is 258 g/mol. The summed E-state index contributed by atoms with van der Waals surface area (Å²) in [5.74, 6) is 0. The molecular formula is C18H27N3. The summed E-state index contributed by atoms with van der Waals surface area (Å²) in [6.07, 6.45) is 7.74. The molecule has 0 unspecified atom stereocenters. The summed E-state index contributed by atoms with van der Waals surface area (Å²) in [7, 11) is 0. The number of fused-ring (bicyclic) bond motifs is 1. The van der Waals surface area contributed by atoms with E-state index in [0.29, 0.717) is 18.6 Å². The topological polar surface area (TPSA) is 43.0 Å². The number of nitrogens with one attached hydrogen (secondary N) is 1. The summed E-state index contributed by atoms with van der Waals surface area (Å²) in [6, 6.07) is 7.83. The second-order valence-corrected chi connectivity index (χ2v) is 6.57. The van der Waals surface area contributed by atoms with Crippen LogP contribution in [0.3, 0.4) is 0 Å². The largest absolute Gasteiger partial charge is 0.345 e. The minimum atomic E-state index is 0.473. The number of nitrogens with zero attached hydrogens (tertiary/aromatic N) is 1. The van der Waals surface area contributed by atoms with Gasteiger partial charge in [0.2, 0.25) is 0 Å². The number of rotatable bonds is 5. The molecule has 3 heteroatoms. The van der Waals surface area contributed by atoms with Crippen LogP contribution < -0.4 is 11.1 Å². The minimum absolute atomic E-state index is 0.473. The van der Waals surface area contributed by atoms with Gasteiger partial charge in [0.25, 0.3) is 0 Å². The highest BCUT2D eigenvalue weighted by Gasteiger charge is 2.16. The highest BCUT2D eigenvalue weighted by Crippen LogP contribution is 2.26. The summed E-state index contributed by atoms with van der Waals surface area (Å²) in [6.45, 7) is 6.06. The van der Waals surface area contributed by atoms with Crippen molar-refractivity contribution in [3.63, 3.8) is 0 Å². The first-order chi connectivity index (χ1) is 10.2. The zero-order valence-electron chi connectivity index (χ0n) is 13.2. The van der Waals surface area contributed by atoms with Crippen LogP contribution in [0.2, 0.25) is 0 Å². The van der Waals surface area contributed by atoms with Crippen LogP contribution in [0.15, 0.2) is 24.4 Å². The van der Waals surface area contributed by atoms with Crippen LogP contribution in [0.4, 0.5) is 0 Å². The highest BCUT2D eigenvalue weighted by molar-refractivity contribution is 5.84. The molecule has 1 aromatic heterocycles. The first-order valence-electron chi connectivity index (χ1n) is 8.25. The molecule has 1 fully saturated rings. The molecule has 1 saturated carbocycles. The van der Waals surface area contributed by atoms with Gasteiger partial charge in [-0.25, -0.2) is 0 Å². The van der Waals surface area contributed by atoms with Crippen LogP contribution in [0, 0.1) is 0 Å². The molecule has 0 saturated heterocycles. The predicted molar refractivity (Wildman–Crippen MR) is 89.3 cm³/mol. The van der Waals surface area contributed by atoms with E-state index in [1.807, 2.05) is 0 Å². The molecule has 0 atom stereocenters. The molecule has 0 aliphatic heterocycles. The maximum atomic E-state index is 5.79. The van der Waals surface area contributed by atoms with Gasteiger partial charge in [0.05, 0.1) is 0 Å². The first kappa shape index (κ1) is 14.6. The lowest BCUT2D eigenvalue weighted by atomic mass is 10.1. The molecule has 3 nitrogen and oxygen atoms in total. The monoisotopic (exact) mass is 285 g/mol. The standard InChI is InChI=1S/C18H27N3/c1-13(2)21-12-15(11-20-16-5-3-4-6-16)17-8-7-14(10-19)9-18(17)21/h7-9,12-13,16,20H,3-6,10-11,19H2,1-2H3. The van der Waals surface area contributed by atoms with Gasteiger partial charge in [-0.15, -0.1) is 0 Å². The number of benzene rings is 1. The number of aromatic nitrogens is 1. The van der Waals surface area contributed by atoms with Crippen LogP contribution in [-0.2, 0) is 13.1 Å². The van der Waals surface area contributed by atoms with Gasteiger partial charge in [0, 0.05) is 42.3 Å². The number of hydrogen-bond donors (Lipinski definition) is 2. The molecule has 1 heterocycles. The SMILES string of the molecule is CC(C)n1cc(CNC2CCCC2)c2ccc(CN)cc21. The summed E-state index contributed by atoms with van der Waals surface area (Å²) in [5.41, 5.74) is 9.73. The minimum Gasteiger partial charge on any atom is -0.345 e. The van der Waals surface area contributed by atoms with Gasteiger partial charge >= 0.3 is 0 Å². The van der Waals surface area contributed by atoms with Gasteiger partial charge in [0.1, 0.15) is 0 Å². The van der Waals surface area contributed by atoms with E-state index in [2.05, 4.69) is 48.1 Å². The van der Waals surface area contributed by atoms with Gasteiger partial charge in [-0.3, -0.25) is 0 Å². The molecule has 1 aliphatic rings. The summed E-state index contributed by atoms with van der Waals surface area (Å²) in [5, 5.41) is 5.10. The third-order valence-electron chi connectivity index (χ3n) is 4.71. The molecule has 0 bridgehead atoms. The van der Waals surface area contributed by atoms with Crippen LogP contribution >= 0.6 is 0 Å². The molecule has 21 heavy (non-hydrogen) atoms. The van der Waals surface area contributed by atoms with E-state index in [1.165, 1.54) is 47.7 Å². The lowest BCUT2D eigenvalue weighted by Crippen LogP contribution is -2.25. The Balaban J connectivity index is 1.90. The fourth-order valence-electron chi connectivity index (χ4n) is 3.45. The molecule has 1 aromatic carbocycles. The summed E-state index contributed by atoms with van der Waals surface area (Å²) in [4.78, 5) is 0. The quantitative estimate of drug-likeness (QED) is 0.879. The lowest BCUT2D eigenvalue weighted by molar-refractivity contribution is 0.523. The maximum Gasteiger partial charge on any atom is 0.0489 e. The fourth-order valence-corrected chi connectivity index (χ4v) is 3.45. The molecule has 1 aliphatic carbocycles. The van der Waals surface area contributed by atoms with Crippen LogP contribution in [0.1, 0.15) is 56.7 Å². The van der Waals surface area contributed by atoms with Crippen LogP contribution in [-0.4, -0.2) is 10.6 Å². The van der Waals surface area contributed by atoms with Gasteiger partial charge in [0.15, 0.2) is 0 Å². The van der Waals surface area contributed by atoms with E-state index in [-0.39, 0.29) is 0 Å². The number of nitrogens with two attached hydrogens (primary N) is 1. The van der Waals surface area contributed by atoms with E-state index >= 15 is 0 Å². The normalized spacial score (nSPS) is 16.4. The molecule has 3 N–H and O–H groups in total. The Labute approximate surface area is 127 Å². The average molecular weight is 285 g/mol. The third kappa shape index (κ3) is 2.99. The molecule has 3 rings (SSSR count). The average Bonchev–Trinajstić information content (AvgIpc) is 3.11. The first-order valence-corrected chi connectivity index (χ1v) is 8.25. The van der Waals surface area contributed by atoms with Gasteiger partial charge in [-0.1, -0.05) is 25.0 Å². The van der Waals surface area contributed by atoms with Gasteiger partial charge in [-0.2, -0.15) is 0 Å². The predicted octanol–water partition coefficient (Wildman–Crippen LogP) is 3.71. The van der Waals surface area contributed by atoms with Crippen molar-refractivity contribution in [2.24, 2.45) is 5.73 Å². The van der Waals surface area contributed by atoms with E-state index in [1.54, 1.807) is 0 Å². The Bertz CT molecular complexity index is 606. The molecule has 0 radical (unpaired) electrons. The Morgan fingerprint density at radius 3 is 2.71 bits per heavy atom. The van der Waals surface area contributed by atoms with E-state index < -0.39 is 0 Å². The van der Waals surface area contributed by atoms with Crippen molar-refractivity contribution >= 4 is 10.9 Å². The highest BCUT2D eigenvalue weighted by atomic mass is 15.0. The summed E-state index contributed by atoms with van der Waals surface area (Å²) >= 11 is 0. The van der Waals surface area contributed by atoms with Gasteiger partial charge < -0.3 is 15.6 Å². The Morgan fingerprint density at radius 2 is 2.05 bits per heavy atom. The van der Waals surface area contributed by atoms with Crippen molar-refractivity contribution < 1.29 is 0 Å². The third-order valence-corrected chi connectivity index (χ3v) is 4.71. The van der Waals surface area contributed by atoms with Crippen molar-refractivity contribution in [3.05, 3.63) is 35.5 Å². The van der Waals surface area contributed by atoms with Crippen molar-refractivity contribution in [3.8, 4) is 0 Å². The van der Waals surface area contributed by atoms with Crippen LogP contribution in [0.25, 0.3) is 10.9 Å². The smallest absolute Gasteiger partial charge is 0.0489 e. The molecule has 0 amide bonds.